The summed E-state index contributed by atoms with van der Waals surface area (Å²) in [5.74, 6) is 2.61. The Hall–Kier alpha value is -0.330. The molecule has 2 aliphatic carbocycles. The van der Waals surface area contributed by atoms with E-state index in [1.165, 1.54) is 19.3 Å². The molecular formula is C10H16O. The molecule has 0 aromatic carbocycles. The highest BCUT2D eigenvalue weighted by Crippen LogP contribution is 2.42. The van der Waals surface area contributed by atoms with Gasteiger partial charge in [-0.05, 0) is 37.5 Å². The van der Waals surface area contributed by atoms with Gasteiger partial charge < -0.3 is 0 Å². The summed E-state index contributed by atoms with van der Waals surface area (Å²) in [5, 5.41) is 0. The maximum atomic E-state index is 11.4. The highest BCUT2D eigenvalue weighted by Gasteiger charge is 2.38. The van der Waals surface area contributed by atoms with Crippen LogP contribution in [0.2, 0.25) is 0 Å². The van der Waals surface area contributed by atoms with Gasteiger partial charge in [-0.2, -0.15) is 0 Å². The Balaban J connectivity index is 2.09. The molecule has 2 unspecified atom stereocenters. The van der Waals surface area contributed by atoms with Crippen LogP contribution >= 0.6 is 0 Å². The molecule has 2 fully saturated rings. The van der Waals surface area contributed by atoms with Crippen molar-refractivity contribution in [3.8, 4) is 0 Å². The van der Waals surface area contributed by atoms with Crippen LogP contribution in [0.4, 0.5) is 0 Å². The van der Waals surface area contributed by atoms with E-state index in [1.54, 1.807) is 0 Å². The molecule has 0 saturated heterocycles. The first kappa shape index (κ1) is 7.33. The average molecular weight is 152 g/mol. The number of rotatable bonds is 0. The third kappa shape index (κ3) is 1.21. The van der Waals surface area contributed by atoms with Crippen molar-refractivity contribution in [3.63, 3.8) is 0 Å². The first-order chi connectivity index (χ1) is 5.27. The van der Waals surface area contributed by atoms with Crippen LogP contribution in [0.3, 0.4) is 0 Å². The van der Waals surface area contributed by atoms with Crippen molar-refractivity contribution in [2.75, 3.05) is 0 Å². The summed E-state index contributed by atoms with van der Waals surface area (Å²) < 4.78 is 0. The SMILES string of the molecule is CC1CC2C(=O)CCC[C@@H]2C1. The number of ketones is 1. The molecule has 11 heavy (non-hydrogen) atoms. The fourth-order valence-electron chi connectivity index (χ4n) is 2.84. The van der Waals surface area contributed by atoms with Crippen LogP contribution in [0.5, 0.6) is 0 Å². The zero-order chi connectivity index (χ0) is 7.84. The van der Waals surface area contributed by atoms with E-state index in [9.17, 15) is 4.79 Å². The minimum absolute atomic E-state index is 0.471. The lowest BCUT2D eigenvalue weighted by Crippen LogP contribution is -2.23. The first-order valence-electron chi connectivity index (χ1n) is 4.80. The molecule has 2 rings (SSSR count). The van der Waals surface area contributed by atoms with E-state index in [2.05, 4.69) is 6.92 Å². The quantitative estimate of drug-likeness (QED) is 0.521. The Kier molecular flexibility index (Phi) is 1.74. The van der Waals surface area contributed by atoms with Crippen molar-refractivity contribution >= 4 is 5.78 Å². The van der Waals surface area contributed by atoms with Crippen LogP contribution in [0.15, 0.2) is 0 Å². The van der Waals surface area contributed by atoms with E-state index in [-0.39, 0.29) is 0 Å². The molecule has 0 heterocycles. The van der Waals surface area contributed by atoms with Crippen molar-refractivity contribution in [1.29, 1.82) is 0 Å². The number of carbonyl (C=O) groups excluding carboxylic acids is 1. The molecule has 0 aromatic heterocycles. The van der Waals surface area contributed by atoms with Gasteiger partial charge >= 0.3 is 0 Å². The molecule has 62 valence electrons. The highest BCUT2D eigenvalue weighted by molar-refractivity contribution is 5.82. The second-order valence-corrected chi connectivity index (χ2v) is 4.30. The summed E-state index contributed by atoms with van der Waals surface area (Å²) in [4.78, 5) is 11.4. The van der Waals surface area contributed by atoms with Crippen molar-refractivity contribution in [2.45, 2.75) is 39.0 Å². The molecule has 0 aromatic rings. The standard InChI is InChI=1S/C10H16O/c1-7-5-8-3-2-4-10(11)9(8)6-7/h7-9H,2-6H2,1H3/t7?,8-,9?/m1/s1. The monoisotopic (exact) mass is 152 g/mol. The largest absolute Gasteiger partial charge is 0.299 e. The summed E-state index contributed by atoms with van der Waals surface area (Å²) in [6.45, 7) is 2.28. The zero-order valence-electron chi connectivity index (χ0n) is 7.18. The fraction of sp³-hybridized carbons (Fsp3) is 0.900. The number of hydrogen-bond acceptors (Lipinski definition) is 1. The lowest BCUT2D eigenvalue weighted by molar-refractivity contribution is -0.125. The van der Waals surface area contributed by atoms with E-state index in [4.69, 9.17) is 0 Å². The molecule has 0 amide bonds. The second kappa shape index (κ2) is 2.62. The van der Waals surface area contributed by atoms with E-state index in [0.717, 1.165) is 24.7 Å². The summed E-state index contributed by atoms with van der Waals surface area (Å²) in [5.41, 5.74) is 0. The number of hydrogen-bond donors (Lipinski definition) is 0. The second-order valence-electron chi connectivity index (χ2n) is 4.30. The molecule has 2 saturated carbocycles. The maximum Gasteiger partial charge on any atom is 0.136 e. The van der Waals surface area contributed by atoms with Gasteiger partial charge in [0.25, 0.3) is 0 Å². The van der Waals surface area contributed by atoms with Gasteiger partial charge in [0.2, 0.25) is 0 Å². The molecule has 3 atom stereocenters. The highest BCUT2D eigenvalue weighted by atomic mass is 16.1. The molecule has 2 aliphatic rings. The molecule has 0 N–H and O–H groups in total. The Labute approximate surface area is 68.2 Å². The Morgan fingerprint density at radius 2 is 2.18 bits per heavy atom. The van der Waals surface area contributed by atoms with Gasteiger partial charge in [-0.3, -0.25) is 4.79 Å². The maximum absolute atomic E-state index is 11.4. The Bertz CT molecular complexity index is 174. The van der Waals surface area contributed by atoms with E-state index in [0.29, 0.717) is 11.7 Å². The lowest BCUT2D eigenvalue weighted by atomic mass is 9.81. The third-order valence-corrected chi connectivity index (χ3v) is 3.34. The summed E-state index contributed by atoms with van der Waals surface area (Å²) in [7, 11) is 0. The average Bonchev–Trinajstić information content (AvgIpc) is 2.31. The van der Waals surface area contributed by atoms with Crippen molar-refractivity contribution in [2.24, 2.45) is 17.8 Å². The summed E-state index contributed by atoms with van der Waals surface area (Å²) in [6, 6.07) is 0. The van der Waals surface area contributed by atoms with Crippen molar-refractivity contribution in [1.82, 2.24) is 0 Å². The number of fused-ring (bicyclic) bond motifs is 1. The topological polar surface area (TPSA) is 17.1 Å². The van der Waals surface area contributed by atoms with Crippen LogP contribution in [-0.4, -0.2) is 5.78 Å². The first-order valence-corrected chi connectivity index (χ1v) is 4.80. The van der Waals surface area contributed by atoms with Crippen molar-refractivity contribution in [3.05, 3.63) is 0 Å². The molecule has 0 aliphatic heterocycles. The van der Waals surface area contributed by atoms with Gasteiger partial charge in [-0.25, -0.2) is 0 Å². The normalized spacial score (nSPS) is 44.1. The van der Waals surface area contributed by atoms with Crippen LogP contribution in [0.1, 0.15) is 39.0 Å². The van der Waals surface area contributed by atoms with Crippen LogP contribution in [0, 0.1) is 17.8 Å². The predicted molar refractivity (Wildman–Crippen MR) is 44.2 cm³/mol. The Morgan fingerprint density at radius 3 is 2.91 bits per heavy atom. The van der Waals surface area contributed by atoms with E-state index >= 15 is 0 Å². The van der Waals surface area contributed by atoms with E-state index < -0.39 is 0 Å². The molecule has 1 nitrogen and oxygen atoms in total. The molecule has 0 spiro atoms. The zero-order valence-corrected chi connectivity index (χ0v) is 7.18. The smallest absolute Gasteiger partial charge is 0.136 e. The number of Topliss-reactive ketones (excluding diaryl/α,β-unsaturated/α-hetero) is 1. The third-order valence-electron chi connectivity index (χ3n) is 3.34. The number of carbonyl (C=O) groups is 1. The van der Waals surface area contributed by atoms with Gasteiger partial charge in [0.1, 0.15) is 5.78 Å². The molecule has 1 heteroatoms. The fourth-order valence-corrected chi connectivity index (χ4v) is 2.84. The van der Waals surface area contributed by atoms with E-state index in [1.807, 2.05) is 0 Å². The molecule has 0 radical (unpaired) electrons. The minimum atomic E-state index is 0.471. The van der Waals surface area contributed by atoms with Crippen molar-refractivity contribution < 1.29 is 4.79 Å². The minimum Gasteiger partial charge on any atom is -0.299 e. The molecular weight excluding hydrogens is 136 g/mol. The summed E-state index contributed by atoms with van der Waals surface area (Å²) in [6.07, 6.45) is 5.85. The van der Waals surface area contributed by atoms with Gasteiger partial charge in [-0.1, -0.05) is 6.92 Å². The van der Waals surface area contributed by atoms with Gasteiger partial charge in [0.05, 0.1) is 0 Å². The summed E-state index contributed by atoms with van der Waals surface area (Å²) >= 11 is 0. The van der Waals surface area contributed by atoms with Gasteiger partial charge in [0, 0.05) is 12.3 Å². The molecule has 0 bridgehead atoms. The Morgan fingerprint density at radius 1 is 1.36 bits per heavy atom. The van der Waals surface area contributed by atoms with Gasteiger partial charge in [0.15, 0.2) is 0 Å². The van der Waals surface area contributed by atoms with Crippen LogP contribution in [0.25, 0.3) is 0 Å². The lowest BCUT2D eigenvalue weighted by Gasteiger charge is -2.23. The van der Waals surface area contributed by atoms with Crippen LogP contribution < -0.4 is 0 Å². The van der Waals surface area contributed by atoms with Crippen LogP contribution in [-0.2, 0) is 4.79 Å². The predicted octanol–water partition coefficient (Wildman–Crippen LogP) is 2.40. The van der Waals surface area contributed by atoms with Gasteiger partial charge in [-0.15, -0.1) is 0 Å².